The number of alkyl halides is 4. The van der Waals surface area contributed by atoms with Gasteiger partial charge < -0.3 is 0 Å². The van der Waals surface area contributed by atoms with Crippen LogP contribution in [0, 0.1) is 0 Å². The van der Waals surface area contributed by atoms with Crippen LogP contribution in [0.5, 0.6) is 0 Å². The Morgan fingerprint density at radius 3 is 2.41 bits per heavy atom. The molecule has 0 heterocycles. The summed E-state index contributed by atoms with van der Waals surface area (Å²) in [4.78, 5) is -0.322. The maximum absolute atomic E-state index is 12.4. The highest BCUT2D eigenvalue weighted by atomic mass is 35.5. The van der Waals surface area contributed by atoms with Crippen molar-refractivity contribution in [3.05, 3.63) is 29.8 Å². The average molecular weight is 287 g/mol. The quantitative estimate of drug-likeness (QED) is 0.797. The van der Waals surface area contributed by atoms with Crippen LogP contribution in [0.1, 0.15) is 12.0 Å². The molecule has 96 valence electrons. The minimum absolute atomic E-state index is 0.151. The molecule has 0 radical (unpaired) electrons. The molecule has 1 aromatic rings. The van der Waals surface area contributed by atoms with Gasteiger partial charge in [0, 0.05) is 5.88 Å². The lowest BCUT2D eigenvalue weighted by molar-refractivity contribution is -0.137. The highest BCUT2D eigenvalue weighted by Crippen LogP contribution is 2.30. The Hall–Kier alpha value is -0.750. The number of hydrogen-bond donors (Lipinski definition) is 0. The Morgan fingerprint density at radius 2 is 1.88 bits per heavy atom. The monoisotopic (exact) mass is 286 g/mol. The summed E-state index contributed by atoms with van der Waals surface area (Å²) < 4.78 is 60.5. The van der Waals surface area contributed by atoms with Gasteiger partial charge in [-0.15, -0.1) is 11.6 Å². The van der Waals surface area contributed by atoms with E-state index in [1.54, 1.807) is 0 Å². The van der Waals surface area contributed by atoms with Crippen LogP contribution in [-0.2, 0) is 16.0 Å². The van der Waals surface area contributed by atoms with Gasteiger partial charge in [0.15, 0.2) is 9.84 Å². The van der Waals surface area contributed by atoms with Gasteiger partial charge in [-0.25, -0.2) is 8.42 Å². The van der Waals surface area contributed by atoms with Gasteiger partial charge in [0.2, 0.25) is 0 Å². The first-order valence-electron chi connectivity index (χ1n) is 4.73. The predicted molar refractivity (Wildman–Crippen MR) is 58.8 cm³/mol. The second kappa shape index (κ2) is 5.27. The standard InChI is InChI=1S/C10H10ClF3O2S/c11-5-2-6-17(15,16)9-4-1-3-8(7-9)10(12,13)14/h1,3-4,7H,2,5-6H2. The Morgan fingerprint density at radius 1 is 1.24 bits per heavy atom. The van der Waals surface area contributed by atoms with Gasteiger partial charge in [-0.2, -0.15) is 13.2 Å². The molecule has 0 bridgehead atoms. The first-order chi connectivity index (χ1) is 7.77. The summed E-state index contributed by atoms with van der Waals surface area (Å²) in [5, 5.41) is 0. The van der Waals surface area contributed by atoms with E-state index in [1.165, 1.54) is 0 Å². The Labute approximate surface area is 102 Å². The Bertz CT molecular complexity index is 483. The molecule has 0 amide bonds. The third-order valence-electron chi connectivity index (χ3n) is 2.07. The molecule has 0 aliphatic heterocycles. The topological polar surface area (TPSA) is 34.1 Å². The lowest BCUT2D eigenvalue weighted by Gasteiger charge is -2.09. The lowest BCUT2D eigenvalue weighted by atomic mass is 10.2. The summed E-state index contributed by atoms with van der Waals surface area (Å²) in [6, 6.07) is 3.71. The fourth-order valence-corrected chi connectivity index (χ4v) is 2.87. The molecule has 0 aliphatic rings. The summed E-state index contributed by atoms with van der Waals surface area (Å²) >= 11 is 5.35. The number of hydrogen-bond acceptors (Lipinski definition) is 2. The van der Waals surface area contributed by atoms with Crippen molar-refractivity contribution in [2.24, 2.45) is 0 Å². The Balaban J connectivity index is 3.08. The van der Waals surface area contributed by atoms with Crippen LogP contribution in [0.3, 0.4) is 0 Å². The van der Waals surface area contributed by atoms with E-state index in [0.29, 0.717) is 6.07 Å². The van der Waals surface area contributed by atoms with Crippen molar-refractivity contribution < 1.29 is 21.6 Å². The molecule has 0 unspecified atom stereocenters. The highest BCUT2D eigenvalue weighted by Gasteiger charge is 2.31. The number of halogens is 4. The van der Waals surface area contributed by atoms with Crippen molar-refractivity contribution in [3.63, 3.8) is 0 Å². The third kappa shape index (κ3) is 3.89. The fourth-order valence-electron chi connectivity index (χ4n) is 1.23. The summed E-state index contributed by atoms with van der Waals surface area (Å²) in [6.45, 7) is 0. The number of sulfone groups is 1. The molecule has 7 heteroatoms. The molecule has 0 saturated carbocycles. The number of rotatable bonds is 4. The zero-order valence-electron chi connectivity index (χ0n) is 8.67. The van der Waals surface area contributed by atoms with Crippen molar-refractivity contribution in [1.82, 2.24) is 0 Å². The van der Waals surface area contributed by atoms with E-state index in [-0.39, 0.29) is 22.9 Å². The van der Waals surface area contributed by atoms with E-state index in [4.69, 9.17) is 11.6 Å². The summed E-state index contributed by atoms with van der Waals surface area (Å²) in [6.07, 6.45) is -4.34. The van der Waals surface area contributed by atoms with E-state index in [0.717, 1.165) is 18.2 Å². The van der Waals surface area contributed by atoms with Crippen LogP contribution in [-0.4, -0.2) is 20.1 Å². The van der Waals surface area contributed by atoms with Crippen LogP contribution in [0.25, 0.3) is 0 Å². The molecule has 0 spiro atoms. The van der Waals surface area contributed by atoms with Crippen molar-refractivity contribution in [3.8, 4) is 0 Å². The summed E-state index contributed by atoms with van der Waals surface area (Å²) in [7, 11) is -3.69. The number of benzene rings is 1. The van der Waals surface area contributed by atoms with Crippen molar-refractivity contribution in [2.45, 2.75) is 17.5 Å². The summed E-state index contributed by atoms with van der Waals surface area (Å²) in [5.74, 6) is -0.101. The van der Waals surface area contributed by atoms with Crippen LogP contribution in [0.2, 0.25) is 0 Å². The van der Waals surface area contributed by atoms with Gasteiger partial charge in [0.25, 0.3) is 0 Å². The van der Waals surface area contributed by atoms with Gasteiger partial charge in [-0.05, 0) is 24.6 Å². The van der Waals surface area contributed by atoms with E-state index in [1.807, 2.05) is 0 Å². The minimum atomic E-state index is -4.54. The maximum atomic E-state index is 12.4. The predicted octanol–water partition coefficient (Wildman–Crippen LogP) is 3.11. The zero-order valence-corrected chi connectivity index (χ0v) is 10.2. The zero-order chi connectivity index (χ0) is 13.1. The normalized spacial score (nSPS) is 12.7. The van der Waals surface area contributed by atoms with Crippen LogP contribution in [0.4, 0.5) is 13.2 Å². The molecular weight excluding hydrogens is 277 g/mol. The van der Waals surface area contributed by atoms with Crippen molar-refractivity contribution in [2.75, 3.05) is 11.6 Å². The van der Waals surface area contributed by atoms with E-state index < -0.39 is 21.6 Å². The van der Waals surface area contributed by atoms with Crippen molar-refractivity contribution >= 4 is 21.4 Å². The second-order valence-electron chi connectivity index (χ2n) is 3.39. The van der Waals surface area contributed by atoms with Crippen LogP contribution < -0.4 is 0 Å². The molecule has 0 saturated heterocycles. The van der Waals surface area contributed by atoms with Gasteiger partial charge in [0.05, 0.1) is 16.2 Å². The van der Waals surface area contributed by atoms with Crippen molar-refractivity contribution in [1.29, 1.82) is 0 Å². The van der Waals surface area contributed by atoms with Crippen LogP contribution in [0.15, 0.2) is 29.2 Å². The molecule has 0 fully saturated rings. The molecule has 0 aromatic heterocycles. The molecule has 0 atom stereocenters. The SMILES string of the molecule is O=S(=O)(CCCCl)c1cccc(C(F)(F)F)c1. The van der Waals surface area contributed by atoms with Gasteiger partial charge in [-0.1, -0.05) is 6.07 Å². The smallest absolute Gasteiger partial charge is 0.224 e. The second-order valence-corrected chi connectivity index (χ2v) is 5.87. The average Bonchev–Trinajstić information content (AvgIpc) is 2.25. The third-order valence-corrected chi connectivity index (χ3v) is 4.13. The minimum Gasteiger partial charge on any atom is -0.224 e. The molecular formula is C10H10ClF3O2S. The summed E-state index contributed by atoms with van der Waals surface area (Å²) in [5.41, 5.74) is -0.968. The van der Waals surface area contributed by atoms with Gasteiger partial charge in [0.1, 0.15) is 0 Å². The fraction of sp³-hybridized carbons (Fsp3) is 0.400. The lowest BCUT2D eigenvalue weighted by Crippen LogP contribution is -2.10. The molecule has 0 aliphatic carbocycles. The molecule has 2 nitrogen and oxygen atoms in total. The molecule has 17 heavy (non-hydrogen) atoms. The van der Waals surface area contributed by atoms with Gasteiger partial charge >= 0.3 is 6.18 Å². The van der Waals surface area contributed by atoms with E-state index >= 15 is 0 Å². The van der Waals surface area contributed by atoms with Gasteiger partial charge in [-0.3, -0.25) is 0 Å². The maximum Gasteiger partial charge on any atom is 0.416 e. The van der Waals surface area contributed by atoms with E-state index in [2.05, 4.69) is 0 Å². The first-order valence-corrected chi connectivity index (χ1v) is 6.92. The highest BCUT2D eigenvalue weighted by molar-refractivity contribution is 7.91. The largest absolute Gasteiger partial charge is 0.416 e. The van der Waals surface area contributed by atoms with E-state index in [9.17, 15) is 21.6 Å². The molecule has 1 aromatic carbocycles. The molecule has 0 N–H and O–H groups in total. The van der Waals surface area contributed by atoms with Crippen LogP contribution >= 0.6 is 11.6 Å². The first kappa shape index (κ1) is 14.3. The Kier molecular flexibility index (Phi) is 4.43. The molecule has 1 rings (SSSR count).